The van der Waals surface area contributed by atoms with Crippen molar-refractivity contribution in [2.45, 2.75) is 12.8 Å². The van der Waals surface area contributed by atoms with Crippen molar-refractivity contribution in [3.05, 3.63) is 0 Å². The molecule has 0 spiro atoms. The number of rotatable bonds is 4. The van der Waals surface area contributed by atoms with Crippen molar-refractivity contribution in [1.29, 1.82) is 0 Å². The highest BCUT2D eigenvalue weighted by molar-refractivity contribution is 5.66. The molecule has 0 aromatic rings. The topological polar surface area (TPSA) is 76.5 Å². The van der Waals surface area contributed by atoms with Crippen LogP contribution in [0, 0.1) is 0 Å². The second kappa shape index (κ2) is 5.95. The molecule has 14 heavy (non-hydrogen) atoms. The maximum Gasteiger partial charge on any atom is 0.303 e. The molecule has 0 unspecified atom stereocenters. The van der Waals surface area contributed by atoms with Crippen LogP contribution >= 0.6 is 0 Å². The summed E-state index contributed by atoms with van der Waals surface area (Å²) in [5.74, 6) is -0.695. The Morgan fingerprint density at radius 1 is 1.43 bits per heavy atom. The molecule has 1 aliphatic rings. The fraction of sp³-hybridized carbons (Fsp3) is 0.889. The van der Waals surface area contributed by atoms with Gasteiger partial charge in [0.1, 0.15) is 13.1 Å². The largest absolute Gasteiger partial charge is 0.870 e. The molecule has 5 heteroatoms. The number of hydrogen-bond acceptors (Lipinski definition) is 3. The zero-order valence-electron chi connectivity index (χ0n) is 8.61. The first-order valence-electron chi connectivity index (χ1n) is 4.75. The van der Waals surface area contributed by atoms with Crippen molar-refractivity contribution >= 4 is 5.97 Å². The van der Waals surface area contributed by atoms with Crippen LogP contribution in [0.2, 0.25) is 0 Å². The van der Waals surface area contributed by atoms with Crippen LogP contribution in [-0.4, -0.2) is 60.9 Å². The average Bonchev–Trinajstić information content (AvgIpc) is 2.04. The van der Waals surface area contributed by atoms with Gasteiger partial charge in [0, 0.05) is 6.42 Å². The van der Waals surface area contributed by atoms with Gasteiger partial charge in [0.05, 0.1) is 33.2 Å². The van der Waals surface area contributed by atoms with Crippen molar-refractivity contribution < 1.29 is 24.6 Å². The number of carboxylic acids is 1. The van der Waals surface area contributed by atoms with Gasteiger partial charge in [-0.2, -0.15) is 0 Å². The maximum atomic E-state index is 10.3. The van der Waals surface area contributed by atoms with Gasteiger partial charge < -0.3 is 19.8 Å². The number of carbonyl (C=O) groups is 1. The van der Waals surface area contributed by atoms with Crippen LogP contribution < -0.4 is 0 Å². The van der Waals surface area contributed by atoms with E-state index in [1.807, 2.05) is 0 Å². The molecule has 1 saturated heterocycles. The summed E-state index contributed by atoms with van der Waals surface area (Å²) in [6, 6.07) is 0. The molecular weight excluding hydrogens is 186 g/mol. The average molecular weight is 205 g/mol. The molecular formula is C9H19NO4. The van der Waals surface area contributed by atoms with Crippen LogP contribution in [0.5, 0.6) is 0 Å². The molecule has 1 fully saturated rings. The van der Waals surface area contributed by atoms with E-state index in [4.69, 9.17) is 9.84 Å². The SMILES string of the molecule is C[N+]1(CCCC(=O)O)CCOCC1.[OH-]. The van der Waals surface area contributed by atoms with E-state index >= 15 is 0 Å². The summed E-state index contributed by atoms with van der Waals surface area (Å²) in [6.07, 6.45) is 1.06. The fourth-order valence-electron chi connectivity index (χ4n) is 1.62. The molecule has 0 aromatic carbocycles. The third-order valence-corrected chi connectivity index (χ3v) is 2.64. The summed E-state index contributed by atoms with van der Waals surface area (Å²) in [5.41, 5.74) is 0. The maximum absolute atomic E-state index is 10.3. The normalized spacial score (nSPS) is 19.8. The highest BCUT2D eigenvalue weighted by Crippen LogP contribution is 2.09. The lowest BCUT2D eigenvalue weighted by Crippen LogP contribution is -2.52. The van der Waals surface area contributed by atoms with Crippen molar-refractivity contribution in [1.82, 2.24) is 0 Å². The zero-order valence-corrected chi connectivity index (χ0v) is 8.61. The summed E-state index contributed by atoms with van der Waals surface area (Å²) in [6.45, 7) is 4.60. The molecule has 5 nitrogen and oxygen atoms in total. The Morgan fingerprint density at radius 3 is 2.50 bits per heavy atom. The lowest BCUT2D eigenvalue weighted by molar-refractivity contribution is -0.917. The lowest BCUT2D eigenvalue weighted by atomic mass is 10.2. The van der Waals surface area contributed by atoms with Crippen molar-refractivity contribution in [2.24, 2.45) is 0 Å². The number of likely N-dealkylation sites (N-methyl/N-ethyl adjacent to an activating group) is 1. The minimum Gasteiger partial charge on any atom is -0.870 e. The third kappa shape index (κ3) is 4.55. The summed E-state index contributed by atoms with van der Waals surface area (Å²) >= 11 is 0. The highest BCUT2D eigenvalue weighted by atomic mass is 16.5. The molecule has 84 valence electrons. The molecule has 1 heterocycles. The standard InChI is InChI=1S/C9H17NO3.H2O/c1-10(4-2-3-9(11)12)5-7-13-8-6-10;/h2-8H2,1H3;1H2. The Kier molecular flexibility index (Phi) is 5.68. The minimum absolute atomic E-state index is 0. The van der Waals surface area contributed by atoms with Crippen LogP contribution in [0.3, 0.4) is 0 Å². The summed E-state index contributed by atoms with van der Waals surface area (Å²) in [4.78, 5) is 10.3. The quantitative estimate of drug-likeness (QED) is 0.663. The molecule has 0 bridgehead atoms. The van der Waals surface area contributed by atoms with Crippen LogP contribution in [0.25, 0.3) is 0 Å². The first kappa shape index (κ1) is 13.4. The van der Waals surface area contributed by atoms with Gasteiger partial charge in [-0.1, -0.05) is 0 Å². The Labute approximate surface area is 84.2 Å². The van der Waals surface area contributed by atoms with Gasteiger partial charge in [0.2, 0.25) is 0 Å². The number of carboxylic acid groups (broad SMARTS) is 1. The molecule has 2 N–H and O–H groups in total. The van der Waals surface area contributed by atoms with E-state index in [-0.39, 0.29) is 11.9 Å². The van der Waals surface area contributed by atoms with Gasteiger partial charge in [-0.25, -0.2) is 0 Å². The van der Waals surface area contributed by atoms with Gasteiger partial charge in [0.15, 0.2) is 0 Å². The molecule has 0 amide bonds. The van der Waals surface area contributed by atoms with E-state index in [1.54, 1.807) is 0 Å². The predicted molar refractivity (Wildman–Crippen MR) is 50.4 cm³/mol. The Bertz CT molecular complexity index is 178. The first-order valence-corrected chi connectivity index (χ1v) is 4.75. The molecule has 0 radical (unpaired) electrons. The van der Waals surface area contributed by atoms with E-state index in [9.17, 15) is 4.79 Å². The van der Waals surface area contributed by atoms with Gasteiger partial charge in [0.25, 0.3) is 0 Å². The Morgan fingerprint density at radius 2 is 2.00 bits per heavy atom. The van der Waals surface area contributed by atoms with Crippen molar-refractivity contribution in [2.75, 3.05) is 39.9 Å². The molecule has 0 atom stereocenters. The molecule has 1 aliphatic heterocycles. The number of nitrogens with zero attached hydrogens (tertiary/aromatic N) is 1. The van der Waals surface area contributed by atoms with Crippen LogP contribution in [0.4, 0.5) is 0 Å². The van der Waals surface area contributed by atoms with Gasteiger partial charge >= 0.3 is 5.97 Å². The fourth-order valence-corrected chi connectivity index (χ4v) is 1.62. The van der Waals surface area contributed by atoms with Crippen molar-refractivity contribution in [3.63, 3.8) is 0 Å². The van der Waals surface area contributed by atoms with Crippen LogP contribution in [0.15, 0.2) is 0 Å². The smallest absolute Gasteiger partial charge is 0.303 e. The number of aliphatic carboxylic acids is 1. The summed E-state index contributed by atoms with van der Waals surface area (Å²) in [5, 5.41) is 8.50. The molecule has 0 saturated carbocycles. The molecule has 0 aliphatic carbocycles. The Hall–Kier alpha value is -0.650. The van der Waals surface area contributed by atoms with E-state index < -0.39 is 5.97 Å². The second-order valence-corrected chi connectivity index (χ2v) is 3.90. The number of hydrogen-bond donors (Lipinski definition) is 1. The minimum atomic E-state index is -0.695. The lowest BCUT2D eigenvalue weighted by Gasteiger charge is -2.37. The van der Waals surface area contributed by atoms with Crippen LogP contribution in [0.1, 0.15) is 12.8 Å². The van der Waals surface area contributed by atoms with Crippen molar-refractivity contribution in [3.8, 4) is 0 Å². The van der Waals surface area contributed by atoms with E-state index in [1.165, 1.54) is 0 Å². The summed E-state index contributed by atoms with van der Waals surface area (Å²) < 4.78 is 6.23. The van der Waals surface area contributed by atoms with Gasteiger partial charge in [-0.15, -0.1) is 0 Å². The van der Waals surface area contributed by atoms with Gasteiger partial charge in [-0.05, 0) is 0 Å². The second-order valence-electron chi connectivity index (χ2n) is 3.90. The first-order chi connectivity index (χ1) is 6.12. The summed E-state index contributed by atoms with van der Waals surface area (Å²) in [7, 11) is 2.17. The highest BCUT2D eigenvalue weighted by Gasteiger charge is 2.24. The van der Waals surface area contributed by atoms with E-state index in [0.717, 1.165) is 43.8 Å². The third-order valence-electron chi connectivity index (χ3n) is 2.64. The molecule has 1 rings (SSSR count). The predicted octanol–water partition coefficient (Wildman–Crippen LogP) is 0.151. The van der Waals surface area contributed by atoms with Gasteiger partial charge in [-0.3, -0.25) is 4.79 Å². The van der Waals surface area contributed by atoms with E-state index in [2.05, 4.69) is 7.05 Å². The number of quaternary nitrogens is 1. The number of ether oxygens (including phenoxy) is 1. The van der Waals surface area contributed by atoms with Crippen LogP contribution in [-0.2, 0) is 9.53 Å². The number of morpholine rings is 1. The zero-order chi connectivity index (χ0) is 9.73. The molecule has 0 aromatic heterocycles. The monoisotopic (exact) mass is 205 g/mol. The van der Waals surface area contributed by atoms with E-state index in [0.29, 0.717) is 0 Å². The Balaban J connectivity index is 0.00000169.